The molecule has 0 amide bonds. The van der Waals surface area contributed by atoms with Gasteiger partial charge in [0.25, 0.3) is 0 Å². The number of nitrogens with zero attached hydrogens (tertiary/aromatic N) is 6. The van der Waals surface area contributed by atoms with Gasteiger partial charge >= 0.3 is 34.4 Å². The Labute approximate surface area is 217 Å². The van der Waals surface area contributed by atoms with Gasteiger partial charge in [-0.15, -0.1) is 34.0 Å². The molecule has 0 aliphatic heterocycles. The number of thiophene rings is 3. The minimum atomic E-state index is -1.42. The van der Waals surface area contributed by atoms with Gasteiger partial charge in [-0.05, 0) is 71.1 Å². The first kappa shape index (κ1) is 21.6. The molecule has 6 rings (SSSR count). The van der Waals surface area contributed by atoms with Crippen molar-refractivity contribution in [2.75, 3.05) is 0 Å². The third kappa shape index (κ3) is 4.07. The van der Waals surface area contributed by atoms with E-state index in [1.165, 1.54) is 0 Å². The predicted molar refractivity (Wildman–Crippen MR) is 136 cm³/mol. The number of rotatable bonds is 6. The van der Waals surface area contributed by atoms with E-state index in [2.05, 4.69) is 52.5 Å². The van der Waals surface area contributed by atoms with Crippen molar-refractivity contribution in [3.8, 4) is 31.7 Å². The summed E-state index contributed by atoms with van der Waals surface area (Å²) in [7, 11) is -1.42. The molecule has 154 valence electrons. The standard InChI is InChI=1S/C21H16BN6S3.Tl/c1-4-19(29-13-1)16-7-10-26(23-16)22(27-11-8-17(24-27)20-5-2-14-30-20)28-12-9-18(25-28)21-6-3-15-31-21;/h1-15,22H;/q-1;+1. The Morgan fingerprint density at radius 2 is 0.875 bits per heavy atom. The third-order valence-electron chi connectivity index (χ3n) is 5.11. The van der Waals surface area contributed by atoms with E-state index < -0.39 is 7.12 Å². The van der Waals surface area contributed by atoms with Crippen LogP contribution < -0.4 is 0 Å². The molecule has 6 aromatic rings. The van der Waals surface area contributed by atoms with Gasteiger partial charge in [-0.1, -0.05) is 18.2 Å². The van der Waals surface area contributed by atoms with Crippen molar-refractivity contribution < 1.29 is 0 Å². The molecule has 0 saturated heterocycles. The second-order valence-electron chi connectivity index (χ2n) is 7.08. The molecule has 6 aromatic heterocycles. The molecule has 32 heavy (non-hydrogen) atoms. The largest absolute Gasteiger partial charge is 1.00 e. The van der Waals surface area contributed by atoms with Gasteiger partial charge in [-0.25, -0.2) is 15.3 Å². The van der Waals surface area contributed by atoms with Crippen molar-refractivity contribution in [2.45, 2.75) is 0 Å². The first-order chi connectivity index (χ1) is 15.3. The monoisotopic (exact) mass is 664 g/mol. The van der Waals surface area contributed by atoms with Crippen LogP contribution in [0, 0.1) is 0 Å². The molecule has 0 unspecified atom stereocenters. The molecule has 0 aliphatic rings. The van der Waals surface area contributed by atoms with Crippen LogP contribution >= 0.6 is 34.0 Å². The van der Waals surface area contributed by atoms with Crippen LogP contribution in [0.1, 0.15) is 0 Å². The van der Waals surface area contributed by atoms with Crippen LogP contribution in [0.3, 0.4) is 0 Å². The Balaban J connectivity index is 0.00000216. The van der Waals surface area contributed by atoms with E-state index >= 15 is 0 Å². The summed E-state index contributed by atoms with van der Waals surface area (Å²) in [6.45, 7) is 0. The van der Waals surface area contributed by atoms with Crippen molar-refractivity contribution in [2.24, 2.45) is 0 Å². The fraction of sp³-hybridized carbons (Fsp3) is 0. The van der Waals surface area contributed by atoms with Crippen LogP contribution in [0.5, 0.6) is 0 Å². The van der Waals surface area contributed by atoms with Crippen LogP contribution in [0.4, 0.5) is 0 Å². The molecule has 0 atom stereocenters. The van der Waals surface area contributed by atoms with E-state index in [4.69, 9.17) is 15.3 Å². The SMILES string of the molecule is [Tl+].c1csc(-c2ccn([BH-](n3ccc(-c4cccs4)n3)n3ccc(-c4cccs4)n3)n2)c1. The summed E-state index contributed by atoms with van der Waals surface area (Å²) in [6, 6.07) is 18.6. The van der Waals surface area contributed by atoms with Crippen molar-refractivity contribution in [1.29, 1.82) is 0 Å². The maximum absolute atomic E-state index is 4.90. The molecule has 0 bridgehead atoms. The van der Waals surface area contributed by atoms with Gasteiger partial charge in [-0.3, -0.25) is 0 Å². The van der Waals surface area contributed by atoms with Gasteiger partial charge in [0, 0.05) is 0 Å². The molecular formula is C21H16BN6S3Tl. The maximum atomic E-state index is 4.90. The summed E-state index contributed by atoms with van der Waals surface area (Å²) in [4.78, 5) is 3.45. The van der Waals surface area contributed by atoms with Gasteiger partial charge < -0.3 is 13.8 Å². The summed E-state index contributed by atoms with van der Waals surface area (Å²) in [5.74, 6) is 0. The molecule has 0 radical (unpaired) electrons. The summed E-state index contributed by atoms with van der Waals surface area (Å²) < 4.78 is 5.97. The Bertz CT molecular complexity index is 1230. The molecular weight excluding hydrogens is 648 g/mol. The summed E-state index contributed by atoms with van der Waals surface area (Å²) in [5, 5.41) is 20.9. The minimum Gasteiger partial charge on any atom is -0.402 e. The summed E-state index contributed by atoms with van der Waals surface area (Å²) in [5.41, 5.74) is 2.89. The Kier molecular flexibility index (Phi) is 6.26. The Morgan fingerprint density at radius 1 is 0.531 bits per heavy atom. The molecule has 0 N–H and O–H groups in total. The van der Waals surface area contributed by atoms with E-state index in [9.17, 15) is 0 Å². The van der Waals surface area contributed by atoms with Crippen LogP contribution in [-0.2, 0) is 0 Å². The van der Waals surface area contributed by atoms with E-state index in [0.717, 1.165) is 31.7 Å². The van der Waals surface area contributed by atoms with Crippen molar-refractivity contribution in [3.05, 3.63) is 89.3 Å². The predicted octanol–water partition coefficient (Wildman–Crippen LogP) is 4.74. The van der Waals surface area contributed by atoms with E-state index in [0.29, 0.717) is 0 Å². The van der Waals surface area contributed by atoms with E-state index in [-0.39, 0.29) is 27.3 Å². The van der Waals surface area contributed by atoms with Crippen LogP contribution in [0.25, 0.3) is 31.7 Å². The Hall–Kier alpha value is -2.28. The molecule has 11 heteroatoms. The first-order valence-electron chi connectivity index (χ1n) is 9.80. The zero-order valence-electron chi connectivity index (χ0n) is 16.9. The minimum absolute atomic E-state index is 0. The van der Waals surface area contributed by atoms with E-state index in [1.807, 2.05) is 50.6 Å². The van der Waals surface area contributed by atoms with Gasteiger partial charge in [-0.2, -0.15) is 0 Å². The van der Waals surface area contributed by atoms with Gasteiger partial charge in [0.15, 0.2) is 0 Å². The Morgan fingerprint density at radius 3 is 1.16 bits per heavy atom. The molecule has 0 aromatic carbocycles. The zero-order chi connectivity index (χ0) is 20.6. The van der Waals surface area contributed by atoms with Gasteiger partial charge in [0.2, 0.25) is 0 Å². The molecule has 0 fully saturated rings. The summed E-state index contributed by atoms with van der Waals surface area (Å²) in [6.07, 6.45) is 6.07. The fourth-order valence-corrected chi connectivity index (χ4v) is 5.74. The smallest absolute Gasteiger partial charge is 0.402 e. The molecule has 0 aliphatic carbocycles. The quantitative estimate of drug-likeness (QED) is 0.242. The molecule has 6 heterocycles. The number of hydrogen-bond donors (Lipinski definition) is 0. The summed E-state index contributed by atoms with van der Waals surface area (Å²) >= 11 is 5.07. The van der Waals surface area contributed by atoms with Crippen molar-refractivity contribution in [1.82, 2.24) is 29.1 Å². The normalized spacial score (nSPS) is 11.2. The van der Waals surface area contributed by atoms with Crippen LogP contribution in [0.15, 0.2) is 89.3 Å². The van der Waals surface area contributed by atoms with Crippen LogP contribution in [-0.4, -0.2) is 63.5 Å². The fourth-order valence-electron chi connectivity index (χ4n) is 3.67. The van der Waals surface area contributed by atoms with Gasteiger partial charge in [0.1, 0.15) is 0 Å². The third-order valence-corrected chi connectivity index (χ3v) is 7.79. The number of aromatic nitrogens is 6. The van der Waals surface area contributed by atoms with Gasteiger partial charge in [0.05, 0.1) is 31.7 Å². The molecule has 0 saturated carbocycles. The van der Waals surface area contributed by atoms with Crippen molar-refractivity contribution >= 4 is 68.4 Å². The molecule has 0 spiro atoms. The van der Waals surface area contributed by atoms with Crippen LogP contribution in [0.2, 0.25) is 0 Å². The van der Waals surface area contributed by atoms with E-state index in [1.54, 1.807) is 34.0 Å². The second kappa shape index (κ2) is 9.30. The molecule has 6 nitrogen and oxygen atoms in total. The second-order valence-corrected chi connectivity index (χ2v) is 9.92. The average molecular weight is 664 g/mol. The maximum Gasteiger partial charge on any atom is 1.00 e. The number of hydrogen-bond acceptors (Lipinski definition) is 6. The topological polar surface area (TPSA) is 53.5 Å². The van der Waals surface area contributed by atoms with Crippen molar-refractivity contribution in [3.63, 3.8) is 0 Å². The first-order valence-corrected chi connectivity index (χ1v) is 12.4. The average Bonchev–Trinajstić information content (AvgIpc) is 3.61. The zero-order valence-corrected chi connectivity index (χ0v) is 23.8.